The van der Waals surface area contributed by atoms with Crippen molar-refractivity contribution in [3.8, 4) is 66.8 Å². The van der Waals surface area contributed by atoms with Gasteiger partial charge in [0.25, 0.3) is 0 Å². The van der Waals surface area contributed by atoms with Gasteiger partial charge in [-0.1, -0.05) is 170 Å². The zero-order valence-corrected chi connectivity index (χ0v) is 27.0. The number of rotatable bonds is 4. The molecule has 0 nitrogen and oxygen atoms in total. The summed E-state index contributed by atoms with van der Waals surface area (Å²) in [6.07, 6.45) is 0. The fourth-order valence-electron chi connectivity index (χ4n) is 8.47. The molecule has 0 radical (unpaired) electrons. The van der Waals surface area contributed by atoms with Gasteiger partial charge >= 0.3 is 0 Å². The molecule has 0 bridgehead atoms. The third kappa shape index (κ3) is 4.17. The zero-order chi connectivity index (χ0) is 32.4. The zero-order valence-electron chi connectivity index (χ0n) is 27.0. The van der Waals surface area contributed by atoms with Crippen LogP contribution >= 0.6 is 0 Å². The molecular weight excluding hydrogens is 589 g/mol. The molecule has 0 unspecified atom stereocenters. The Hall–Kier alpha value is -6.24. The second-order valence-corrected chi connectivity index (χ2v) is 13.3. The first kappa shape index (κ1) is 27.8. The van der Waals surface area contributed by atoms with Crippen LogP contribution in [0.3, 0.4) is 0 Å². The summed E-state index contributed by atoms with van der Waals surface area (Å²) in [5.41, 5.74) is 20.0. The van der Waals surface area contributed by atoms with Crippen molar-refractivity contribution in [2.24, 2.45) is 0 Å². The van der Waals surface area contributed by atoms with E-state index in [0.717, 1.165) is 0 Å². The van der Waals surface area contributed by atoms with E-state index in [9.17, 15) is 0 Å². The lowest BCUT2D eigenvalue weighted by Crippen LogP contribution is -2.26. The van der Waals surface area contributed by atoms with Gasteiger partial charge in [0.2, 0.25) is 0 Å². The van der Waals surface area contributed by atoms with Crippen molar-refractivity contribution in [1.29, 1.82) is 0 Å². The van der Waals surface area contributed by atoms with Gasteiger partial charge in [-0.25, -0.2) is 0 Å². The summed E-state index contributed by atoms with van der Waals surface area (Å²) in [7, 11) is 0. The van der Waals surface area contributed by atoms with Gasteiger partial charge in [0.15, 0.2) is 0 Å². The van der Waals surface area contributed by atoms with Crippen LogP contribution in [0.5, 0.6) is 0 Å². The van der Waals surface area contributed by atoms with E-state index in [1.807, 2.05) is 0 Å². The Bertz CT molecular complexity index is 2150. The molecule has 0 saturated heterocycles. The average molecular weight is 621 g/mol. The summed E-state index contributed by atoms with van der Waals surface area (Å²) in [5.74, 6) is 0. The summed E-state index contributed by atoms with van der Waals surface area (Å²) < 4.78 is 0. The maximum Gasteiger partial charge on any atom is 0.0726 e. The molecule has 0 amide bonds. The van der Waals surface area contributed by atoms with Gasteiger partial charge < -0.3 is 0 Å². The molecule has 228 valence electrons. The summed E-state index contributed by atoms with van der Waals surface area (Å²) in [4.78, 5) is 0. The van der Waals surface area contributed by atoms with Crippen LogP contribution in [0.4, 0.5) is 0 Å². The van der Waals surface area contributed by atoms with Crippen LogP contribution in [0, 0.1) is 0 Å². The standard InChI is InChI=1S/C49H32/c1-5-13-33(14-6-1)37-21-25-41-42-26-22-38(34-15-7-2-8-16-34)30-46(42)49(45(41)29-37)47-31-39(35-17-9-3-10-18-35)23-27-43(47)44-28-24-40(32-48(44)49)36-19-11-4-12-20-36/h1-32H. The SMILES string of the molecule is c1ccc(-c2ccc3c(c2)C2(c4cc(-c5ccccc5)ccc4-3)c3cc(-c4ccccc4)ccc3-c3ccc(-c4ccccc4)cc32)cc1. The summed E-state index contributed by atoms with van der Waals surface area (Å²) >= 11 is 0. The highest BCUT2D eigenvalue weighted by molar-refractivity contribution is 5.98. The topological polar surface area (TPSA) is 0 Å². The number of hydrogen-bond acceptors (Lipinski definition) is 0. The molecule has 0 aliphatic heterocycles. The third-order valence-corrected chi connectivity index (χ3v) is 10.7. The lowest BCUT2D eigenvalue weighted by Gasteiger charge is -2.32. The Morgan fingerprint density at radius 1 is 0.204 bits per heavy atom. The van der Waals surface area contributed by atoms with Crippen molar-refractivity contribution in [3.63, 3.8) is 0 Å². The fraction of sp³-hybridized carbons (Fsp3) is 0.0204. The van der Waals surface area contributed by atoms with Crippen molar-refractivity contribution in [2.75, 3.05) is 0 Å². The first-order valence-corrected chi connectivity index (χ1v) is 17.1. The Kier molecular flexibility index (Phi) is 6.19. The number of fused-ring (bicyclic) bond motifs is 10. The van der Waals surface area contributed by atoms with Crippen LogP contribution in [0.1, 0.15) is 22.3 Å². The van der Waals surface area contributed by atoms with Gasteiger partial charge in [-0.15, -0.1) is 0 Å². The van der Waals surface area contributed by atoms with E-state index in [4.69, 9.17) is 0 Å². The quantitative estimate of drug-likeness (QED) is 0.184. The fourth-order valence-corrected chi connectivity index (χ4v) is 8.47. The molecule has 0 heterocycles. The molecule has 8 aromatic carbocycles. The second kappa shape index (κ2) is 10.9. The first-order chi connectivity index (χ1) is 24.3. The van der Waals surface area contributed by atoms with Gasteiger partial charge in [0, 0.05) is 0 Å². The summed E-state index contributed by atoms with van der Waals surface area (Å²) in [6, 6.07) is 71.9. The third-order valence-electron chi connectivity index (χ3n) is 10.7. The highest BCUT2D eigenvalue weighted by Crippen LogP contribution is 2.64. The normalized spacial score (nSPS) is 13.1. The van der Waals surface area contributed by atoms with Crippen molar-refractivity contribution in [1.82, 2.24) is 0 Å². The van der Waals surface area contributed by atoms with Crippen LogP contribution in [0.15, 0.2) is 194 Å². The molecule has 8 aromatic rings. The maximum absolute atomic E-state index is 2.48. The monoisotopic (exact) mass is 620 g/mol. The molecule has 1 spiro atoms. The predicted molar refractivity (Wildman–Crippen MR) is 204 cm³/mol. The van der Waals surface area contributed by atoms with E-state index in [0.29, 0.717) is 0 Å². The summed E-state index contributed by atoms with van der Waals surface area (Å²) in [6.45, 7) is 0. The predicted octanol–water partition coefficient (Wildman–Crippen LogP) is 12.7. The van der Waals surface area contributed by atoms with Gasteiger partial charge in [0.1, 0.15) is 0 Å². The molecule has 0 saturated carbocycles. The molecule has 0 fully saturated rings. The van der Waals surface area contributed by atoms with Crippen LogP contribution in [0.25, 0.3) is 66.8 Å². The van der Waals surface area contributed by atoms with Crippen molar-refractivity contribution < 1.29 is 0 Å². The number of hydrogen-bond donors (Lipinski definition) is 0. The van der Waals surface area contributed by atoms with E-state index in [1.165, 1.54) is 89.0 Å². The van der Waals surface area contributed by atoms with Gasteiger partial charge in [-0.2, -0.15) is 0 Å². The molecule has 2 aliphatic rings. The Morgan fingerprint density at radius 2 is 0.429 bits per heavy atom. The first-order valence-electron chi connectivity index (χ1n) is 17.1. The van der Waals surface area contributed by atoms with Crippen LogP contribution < -0.4 is 0 Å². The van der Waals surface area contributed by atoms with E-state index in [1.54, 1.807) is 0 Å². The van der Waals surface area contributed by atoms with Crippen molar-refractivity contribution in [3.05, 3.63) is 216 Å². The Labute approximate surface area is 287 Å². The molecule has 10 rings (SSSR count). The summed E-state index contributed by atoms with van der Waals surface area (Å²) in [5, 5.41) is 0. The van der Waals surface area contributed by atoms with Crippen LogP contribution in [0.2, 0.25) is 0 Å². The Balaban J connectivity index is 1.34. The minimum atomic E-state index is -0.500. The van der Waals surface area contributed by atoms with Crippen molar-refractivity contribution >= 4 is 0 Å². The largest absolute Gasteiger partial charge is 0.0726 e. The highest BCUT2D eigenvalue weighted by atomic mass is 14.5. The molecule has 0 heteroatoms. The van der Waals surface area contributed by atoms with Crippen LogP contribution in [-0.4, -0.2) is 0 Å². The van der Waals surface area contributed by atoms with E-state index in [-0.39, 0.29) is 0 Å². The van der Waals surface area contributed by atoms with Gasteiger partial charge in [0.05, 0.1) is 5.41 Å². The van der Waals surface area contributed by atoms with Gasteiger partial charge in [-0.3, -0.25) is 0 Å². The maximum atomic E-state index is 2.48. The molecule has 0 N–H and O–H groups in total. The lowest BCUT2D eigenvalue weighted by atomic mass is 9.69. The molecule has 2 aliphatic carbocycles. The minimum Gasteiger partial charge on any atom is -0.0622 e. The Morgan fingerprint density at radius 3 is 0.653 bits per heavy atom. The smallest absolute Gasteiger partial charge is 0.0622 e. The molecule has 0 aromatic heterocycles. The van der Waals surface area contributed by atoms with Crippen molar-refractivity contribution in [2.45, 2.75) is 5.41 Å². The average Bonchev–Trinajstić information content (AvgIpc) is 3.65. The highest BCUT2D eigenvalue weighted by Gasteiger charge is 2.52. The second-order valence-electron chi connectivity index (χ2n) is 13.3. The number of benzene rings is 8. The van der Waals surface area contributed by atoms with E-state index < -0.39 is 5.41 Å². The van der Waals surface area contributed by atoms with Crippen LogP contribution in [-0.2, 0) is 5.41 Å². The van der Waals surface area contributed by atoms with E-state index in [2.05, 4.69) is 194 Å². The molecule has 49 heavy (non-hydrogen) atoms. The lowest BCUT2D eigenvalue weighted by molar-refractivity contribution is 0.795. The molecular formula is C49H32. The minimum absolute atomic E-state index is 0.500. The van der Waals surface area contributed by atoms with Gasteiger partial charge in [-0.05, 0) is 113 Å². The van der Waals surface area contributed by atoms with E-state index >= 15 is 0 Å². The molecule has 0 atom stereocenters.